The molecule has 0 spiro atoms. The SMILES string of the molecule is O=C=NCc1ccc(CN2C(=O)c3cccc(NC(=O)C4=CC(Cl)=CCC4=S)c3C2=O)cc1. The summed E-state index contributed by atoms with van der Waals surface area (Å²) in [5.74, 6) is -1.44. The molecule has 0 saturated carbocycles. The zero-order valence-electron chi connectivity index (χ0n) is 17.1. The molecular formula is C24H16ClN3O4S. The van der Waals surface area contributed by atoms with Crippen LogP contribution in [-0.2, 0) is 22.7 Å². The third kappa shape index (κ3) is 4.59. The predicted octanol–water partition coefficient (Wildman–Crippen LogP) is 4.08. The van der Waals surface area contributed by atoms with Gasteiger partial charge in [-0.1, -0.05) is 60.2 Å². The van der Waals surface area contributed by atoms with Gasteiger partial charge in [-0.05, 0) is 29.3 Å². The van der Waals surface area contributed by atoms with E-state index < -0.39 is 17.7 Å². The fourth-order valence-electron chi connectivity index (χ4n) is 3.60. The average Bonchev–Trinajstić information content (AvgIpc) is 3.05. The van der Waals surface area contributed by atoms with Crippen LogP contribution in [0.15, 0.2) is 70.2 Å². The molecule has 2 aromatic rings. The Morgan fingerprint density at radius 3 is 2.58 bits per heavy atom. The van der Waals surface area contributed by atoms with Gasteiger partial charge in [-0.3, -0.25) is 19.3 Å². The molecule has 2 aliphatic rings. The van der Waals surface area contributed by atoms with Gasteiger partial charge < -0.3 is 5.32 Å². The normalized spacial score (nSPS) is 14.9. The Balaban J connectivity index is 1.56. The molecule has 2 aromatic carbocycles. The number of nitrogens with one attached hydrogen (secondary N) is 1. The summed E-state index contributed by atoms with van der Waals surface area (Å²) in [4.78, 5) is 54.2. The van der Waals surface area contributed by atoms with Crippen molar-refractivity contribution in [1.29, 1.82) is 0 Å². The molecule has 0 radical (unpaired) electrons. The van der Waals surface area contributed by atoms with E-state index in [-0.39, 0.29) is 35.5 Å². The van der Waals surface area contributed by atoms with E-state index in [4.69, 9.17) is 23.8 Å². The highest BCUT2D eigenvalue weighted by atomic mass is 35.5. The maximum atomic E-state index is 13.1. The van der Waals surface area contributed by atoms with Crippen LogP contribution in [0.2, 0.25) is 0 Å². The lowest BCUT2D eigenvalue weighted by atomic mass is 10.0. The molecule has 0 aromatic heterocycles. The average molecular weight is 478 g/mol. The Bertz CT molecular complexity index is 1310. The summed E-state index contributed by atoms with van der Waals surface area (Å²) in [6, 6.07) is 11.8. The van der Waals surface area contributed by atoms with Gasteiger partial charge in [-0.2, -0.15) is 0 Å². The molecule has 1 N–H and O–H groups in total. The van der Waals surface area contributed by atoms with Crippen LogP contribution in [0.25, 0.3) is 0 Å². The summed E-state index contributed by atoms with van der Waals surface area (Å²) in [5, 5.41) is 3.11. The van der Waals surface area contributed by atoms with Crippen LogP contribution in [0, 0.1) is 0 Å². The number of aliphatic imine (C=N–C) groups is 1. The molecule has 9 heteroatoms. The Morgan fingerprint density at radius 1 is 1.12 bits per heavy atom. The molecule has 1 aliphatic carbocycles. The molecule has 7 nitrogen and oxygen atoms in total. The molecule has 0 unspecified atom stereocenters. The van der Waals surface area contributed by atoms with E-state index in [1.807, 2.05) is 0 Å². The Hall–Kier alpha value is -3.71. The molecule has 0 fully saturated rings. The first-order chi connectivity index (χ1) is 15.9. The molecule has 33 heavy (non-hydrogen) atoms. The summed E-state index contributed by atoms with van der Waals surface area (Å²) < 4.78 is 0. The Kier molecular flexibility index (Phi) is 6.42. The second kappa shape index (κ2) is 9.42. The highest BCUT2D eigenvalue weighted by Crippen LogP contribution is 2.31. The van der Waals surface area contributed by atoms with Crippen molar-refractivity contribution in [2.45, 2.75) is 19.5 Å². The Morgan fingerprint density at radius 2 is 1.85 bits per heavy atom. The van der Waals surface area contributed by atoms with Gasteiger partial charge >= 0.3 is 0 Å². The number of amides is 3. The number of imide groups is 1. The van der Waals surface area contributed by atoms with Crippen molar-refractivity contribution in [3.05, 3.63) is 87.5 Å². The van der Waals surface area contributed by atoms with Gasteiger partial charge in [0, 0.05) is 16.3 Å². The number of allylic oxidation sites excluding steroid dienone is 3. The topological polar surface area (TPSA) is 95.9 Å². The van der Waals surface area contributed by atoms with Gasteiger partial charge in [-0.15, -0.1) is 0 Å². The van der Waals surface area contributed by atoms with Crippen LogP contribution in [0.3, 0.4) is 0 Å². The van der Waals surface area contributed by atoms with E-state index in [2.05, 4.69) is 10.3 Å². The lowest BCUT2D eigenvalue weighted by molar-refractivity contribution is -0.112. The second-order valence-electron chi connectivity index (χ2n) is 7.38. The minimum atomic E-state index is -0.501. The number of anilines is 1. The van der Waals surface area contributed by atoms with Crippen molar-refractivity contribution >= 4 is 58.2 Å². The third-order valence-corrected chi connectivity index (χ3v) is 5.90. The zero-order chi connectivity index (χ0) is 23.5. The number of fused-ring (bicyclic) bond motifs is 1. The minimum Gasteiger partial charge on any atom is -0.321 e. The fourth-order valence-corrected chi connectivity index (χ4v) is 4.02. The van der Waals surface area contributed by atoms with Crippen molar-refractivity contribution in [3.63, 3.8) is 0 Å². The number of isocyanates is 1. The standard InChI is InChI=1S/C24H16ClN3O4S/c25-16-8-9-20(33)18(10-16)22(30)27-19-3-1-2-17-21(19)24(32)28(23(17)31)12-15-6-4-14(5-7-15)11-26-13-29/h1-8,10H,9,11-12H2,(H,27,30). The first kappa shape index (κ1) is 22.5. The van der Waals surface area contributed by atoms with E-state index in [1.54, 1.807) is 48.5 Å². The lowest BCUT2D eigenvalue weighted by Gasteiger charge is -2.15. The van der Waals surface area contributed by atoms with Gasteiger partial charge in [0.2, 0.25) is 6.08 Å². The zero-order valence-corrected chi connectivity index (χ0v) is 18.7. The fraction of sp³-hybridized carbons (Fsp3) is 0.125. The number of hydrogen-bond acceptors (Lipinski definition) is 6. The van der Waals surface area contributed by atoms with Crippen LogP contribution < -0.4 is 5.32 Å². The van der Waals surface area contributed by atoms with Crippen molar-refractivity contribution in [2.75, 3.05) is 5.32 Å². The highest BCUT2D eigenvalue weighted by Gasteiger charge is 2.38. The van der Waals surface area contributed by atoms with Crippen LogP contribution >= 0.6 is 23.8 Å². The second-order valence-corrected chi connectivity index (χ2v) is 8.31. The van der Waals surface area contributed by atoms with Crippen molar-refractivity contribution < 1.29 is 19.2 Å². The van der Waals surface area contributed by atoms with Crippen LogP contribution in [0.5, 0.6) is 0 Å². The van der Waals surface area contributed by atoms with Crippen LogP contribution in [0.4, 0.5) is 5.69 Å². The summed E-state index contributed by atoms with van der Waals surface area (Å²) in [6.07, 6.45) is 5.06. The minimum absolute atomic E-state index is 0.0621. The summed E-state index contributed by atoms with van der Waals surface area (Å²) >= 11 is 11.3. The van der Waals surface area contributed by atoms with Crippen molar-refractivity contribution in [3.8, 4) is 0 Å². The largest absolute Gasteiger partial charge is 0.321 e. The summed E-state index contributed by atoms with van der Waals surface area (Å²) in [6.45, 7) is 0.271. The maximum absolute atomic E-state index is 13.1. The van der Waals surface area contributed by atoms with Crippen LogP contribution in [0.1, 0.15) is 38.3 Å². The molecular weight excluding hydrogens is 462 g/mol. The molecule has 3 amide bonds. The molecule has 1 aliphatic heterocycles. The van der Waals surface area contributed by atoms with E-state index in [0.717, 1.165) is 16.0 Å². The third-order valence-electron chi connectivity index (χ3n) is 5.25. The van der Waals surface area contributed by atoms with Gasteiger partial charge in [0.1, 0.15) is 0 Å². The first-order valence-corrected chi connectivity index (χ1v) is 10.7. The van der Waals surface area contributed by atoms with Gasteiger partial charge in [0.25, 0.3) is 17.7 Å². The maximum Gasteiger partial charge on any atom is 0.263 e. The number of thiocarbonyl (C=S) groups is 1. The highest BCUT2D eigenvalue weighted by molar-refractivity contribution is 7.81. The molecule has 0 atom stereocenters. The van der Waals surface area contributed by atoms with E-state index in [0.29, 0.717) is 16.3 Å². The molecule has 0 saturated heterocycles. The molecule has 4 rings (SSSR count). The number of halogens is 1. The van der Waals surface area contributed by atoms with E-state index in [1.165, 1.54) is 12.2 Å². The number of nitrogens with zero attached hydrogens (tertiary/aromatic N) is 2. The number of benzene rings is 2. The van der Waals surface area contributed by atoms with Gasteiger partial charge in [0.05, 0.1) is 35.5 Å². The quantitative estimate of drug-likeness (QED) is 0.293. The van der Waals surface area contributed by atoms with Crippen molar-refractivity contribution in [1.82, 2.24) is 4.90 Å². The lowest BCUT2D eigenvalue weighted by Crippen LogP contribution is -2.29. The van der Waals surface area contributed by atoms with Gasteiger partial charge in [-0.25, -0.2) is 9.79 Å². The molecule has 164 valence electrons. The summed E-state index contributed by atoms with van der Waals surface area (Å²) in [7, 11) is 0. The summed E-state index contributed by atoms with van der Waals surface area (Å²) in [5.41, 5.74) is 2.37. The van der Waals surface area contributed by atoms with E-state index >= 15 is 0 Å². The monoisotopic (exact) mass is 477 g/mol. The van der Waals surface area contributed by atoms with E-state index in [9.17, 15) is 19.2 Å². The smallest absolute Gasteiger partial charge is 0.263 e. The number of rotatable bonds is 6. The number of carbonyl (C=O) groups is 3. The van der Waals surface area contributed by atoms with Gasteiger partial charge in [0.15, 0.2) is 0 Å². The number of carbonyl (C=O) groups excluding carboxylic acids is 4. The molecule has 1 heterocycles. The number of hydrogen-bond donors (Lipinski definition) is 1. The predicted molar refractivity (Wildman–Crippen MR) is 127 cm³/mol. The first-order valence-electron chi connectivity index (χ1n) is 9.91. The van der Waals surface area contributed by atoms with Crippen LogP contribution in [-0.4, -0.2) is 33.6 Å². The molecule has 0 bridgehead atoms. The Labute approximate surface area is 199 Å². The van der Waals surface area contributed by atoms with Crippen molar-refractivity contribution in [2.24, 2.45) is 4.99 Å².